The predicted octanol–water partition coefficient (Wildman–Crippen LogP) is 0.876. The van der Waals surface area contributed by atoms with E-state index in [-0.39, 0.29) is 0 Å². The summed E-state index contributed by atoms with van der Waals surface area (Å²) in [6, 6.07) is 0.721. The fraction of sp³-hybridized carbons (Fsp3) is 0.700. The van der Waals surface area contributed by atoms with Crippen molar-refractivity contribution in [2.75, 3.05) is 6.54 Å². The molecular weight excluding hydrogens is 162 g/mol. The van der Waals surface area contributed by atoms with Gasteiger partial charge in [-0.15, -0.1) is 0 Å². The molecular formula is C10H15N3. The van der Waals surface area contributed by atoms with Gasteiger partial charge in [-0.05, 0) is 43.7 Å². The summed E-state index contributed by atoms with van der Waals surface area (Å²) < 4.78 is 0. The summed E-state index contributed by atoms with van der Waals surface area (Å²) in [6.45, 7) is 1.20. The highest BCUT2D eigenvalue weighted by Gasteiger charge is 2.30. The number of piperidine rings is 1. The van der Waals surface area contributed by atoms with Crippen LogP contribution in [0.2, 0.25) is 0 Å². The van der Waals surface area contributed by atoms with Gasteiger partial charge in [0.2, 0.25) is 0 Å². The number of H-pyrrole nitrogens is 1. The molecule has 13 heavy (non-hydrogen) atoms. The predicted molar refractivity (Wildman–Crippen MR) is 50.5 cm³/mol. The standard InChI is InChI=1S/C10H15N3/c1-2-7-4-10-8(6-12-13-10)5-9(7)11-3-1/h6-7,9,11H,1-5H2,(H,12,13)/t7-,9+/m0/s1. The number of hydrogen-bond acceptors (Lipinski definition) is 2. The molecule has 0 saturated carbocycles. The van der Waals surface area contributed by atoms with E-state index in [1.165, 1.54) is 43.5 Å². The van der Waals surface area contributed by atoms with Crippen LogP contribution in [0.25, 0.3) is 0 Å². The van der Waals surface area contributed by atoms with Gasteiger partial charge in [0, 0.05) is 11.7 Å². The van der Waals surface area contributed by atoms with E-state index in [4.69, 9.17) is 0 Å². The molecule has 1 fully saturated rings. The fourth-order valence-electron chi connectivity index (χ4n) is 2.69. The molecule has 1 aliphatic carbocycles. The lowest BCUT2D eigenvalue weighted by atomic mass is 9.79. The normalized spacial score (nSPS) is 32.3. The van der Waals surface area contributed by atoms with E-state index >= 15 is 0 Å². The second-order valence-electron chi connectivity index (χ2n) is 4.24. The van der Waals surface area contributed by atoms with Crippen LogP contribution in [0.15, 0.2) is 6.20 Å². The van der Waals surface area contributed by atoms with Crippen molar-refractivity contribution in [2.45, 2.75) is 31.7 Å². The Morgan fingerprint density at radius 2 is 2.38 bits per heavy atom. The minimum Gasteiger partial charge on any atom is -0.313 e. The average Bonchev–Trinajstić information content (AvgIpc) is 2.61. The van der Waals surface area contributed by atoms with Crippen molar-refractivity contribution in [2.24, 2.45) is 5.92 Å². The van der Waals surface area contributed by atoms with Gasteiger partial charge in [-0.1, -0.05) is 0 Å². The lowest BCUT2D eigenvalue weighted by Gasteiger charge is -2.35. The van der Waals surface area contributed by atoms with Crippen molar-refractivity contribution in [3.05, 3.63) is 17.5 Å². The van der Waals surface area contributed by atoms with E-state index in [0.29, 0.717) is 0 Å². The maximum atomic E-state index is 4.11. The number of rotatable bonds is 0. The SMILES string of the molecule is c1n[nH]c2c1C[C@H]1NCCC[C@H]1C2. The van der Waals surface area contributed by atoms with Crippen LogP contribution in [0.3, 0.4) is 0 Å². The highest BCUT2D eigenvalue weighted by molar-refractivity contribution is 5.22. The molecule has 0 amide bonds. The monoisotopic (exact) mass is 177 g/mol. The largest absolute Gasteiger partial charge is 0.313 e. The molecule has 1 aliphatic heterocycles. The van der Waals surface area contributed by atoms with Crippen molar-refractivity contribution < 1.29 is 0 Å². The number of nitrogens with zero attached hydrogens (tertiary/aromatic N) is 1. The Hall–Kier alpha value is -0.830. The molecule has 0 unspecified atom stereocenters. The van der Waals surface area contributed by atoms with Crippen LogP contribution in [0.1, 0.15) is 24.1 Å². The van der Waals surface area contributed by atoms with Gasteiger partial charge in [-0.3, -0.25) is 5.10 Å². The zero-order valence-electron chi connectivity index (χ0n) is 7.71. The topological polar surface area (TPSA) is 40.7 Å². The molecule has 2 aliphatic rings. The van der Waals surface area contributed by atoms with Gasteiger partial charge in [0.25, 0.3) is 0 Å². The van der Waals surface area contributed by atoms with Gasteiger partial charge in [-0.2, -0.15) is 5.10 Å². The Morgan fingerprint density at radius 3 is 3.38 bits per heavy atom. The molecule has 2 atom stereocenters. The first-order valence-electron chi connectivity index (χ1n) is 5.18. The molecule has 3 heteroatoms. The summed E-state index contributed by atoms with van der Waals surface area (Å²) in [5.41, 5.74) is 2.81. The molecule has 0 radical (unpaired) electrons. The Kier molecular flexibility index (Phi) is 1.65. The summed E-state index contributed by atoms with van der Waals surface area (Å²) in [4.78, 5) is 0. The second kappa shape index (κ2) is 2.84. The number of hydrogen-bond donors (Lipinski definition) is 2. The van der Waals surface area contributed by atoms with Crippen LogP contribution in [-0.2, 0) is 12.8 Å². The fourth-order valence-corrected chi connectivity index (χ4v) is 2.69. The van der Waals surface area contributed by atoms with Crippen LogP contribution in [0, 0.1) is 5.92 Å². The molecule has 1 aromatic rings. The van der Waals surface area contributed by atoms with Gasteiger partial charge in [-0.25, -0.2) is 0 Å². The molecule has 1 aromatic heterocycles. The third kappa shape index (κ3) is 1.18. The first-order chi connectivity index (χ1) is 6.43. The van der Waals surface area contributed by atoms with E-state index in [0.717, 1.165) is 12.0 Å². The quantitative estimate of drug-likeness (QED) is 0.617. The van der Waals surface area contributed by atoms with Gasteiger partial charge in [0.1, 0.15) is 0 Å². The molecule has 2 heterocycles. The highest BCUT2D eigenvalue weighted by Crippen LogP contribution is 2.29. The van der Waals surface area contributed by atoms with Crippen LogP contribution >= 0.6 is 0 Å². The summed E-state index contributed by atoms with van der Waals surface area (Å²) in [6.07, 6.45) is 7.09. The second-order valence-corrected chi connectivity index (χ2v) is 4.24. The van der Waals surface area contributed by atoms with Crippen molar-refractivity contribution in [1.29, 1.82) is 0 Å². The summed E-state index contributed by atoms with van der Waals surface area (Å²) in [7, 11) is 0. The van der Waals surface area contributed by atoms with Crippen LogP contribution in [-0.4, -0.2) is 22.8 Å². The van der Waals surface area contributed by atoms with Crippen LogP contribution < -0.4 is 5.32 Å². The van der Waals surface area contributed by atoms with Crippen LogP contribution in [0.5, 0.6) is 0 Å². The maximum Gasteiger partial charge on any atom is 0.0522 e. The number of aromatic amines is 1. The third-order valence-corrected chi connectivity index (χ3v) is 3.44. The lowest BCUT2D eigenvalue weighted by Crippen LogP contribution is -2.45. The molecule has 0 spiro atoms. The summed E-state index contributed by atoms with van der Waals surface area (Å²) in [5, 5.41) is 10.8. The molecule has 1 saturated heterocycles. The first kappa shape index (κ1) is 7.56. The number of aromatic nitrogens is 2. The van der Waals surface area contributed by atoms with Crippen molar-refractivity contribution >= 4 is 0 Å². The minimum absolute atomic E-state index is 0.721. The summed E-state index contributed by atoms with van der Waals surface area (Å²) in [5.74, 6) is 0.849. The molecule has 3 rings (SSSR count). The molecule has 3 nitrogen and oxygen atoms in total. The van der Waals surface area contributed by atoms with Gasteiger partial charge < -0.3 is 5.32 Å². The van der Waals surface area contributed by atoms with E-state index in [1.54, 1.807) is 0 Å². The van der Waals surface area contributed by atoms with E-state index in [9.17, 15) is 0 Å². The van der Waals surface area contributed by atoms with Crippen LogP contribution in [0.4, 0.5) is 0 Å². The van der Waals surface area contributed by atoms with Crippen molar-refractivity contribution in [1.82, 2.24) is 15.5 Å². The molecule has 0 aromatic carbocycles. The zero-order chi connectivity index (χ0) is 8.67. The van der Waals surface area contributed by atoms with Gasteiger partial charge in [0.15, 0.2) is 0 Å². The van der Waals surface area contributed by atoms with E-state index in [1.807, 2.05) is 6.20 Å². The average molecular weight is 177 g/mol. The van der Waals surface area contributed by atoms with E-state index in [2.05, 4.69) is 15.5 Å². The molecule has 70 valence electrons. The Labute approximate surface area is 77.9 Å². The number of nitrogens with one attached hydrogen (secondary N) is 2. The third-order valence-electron chi connectivity index (χ3n) is 3.44. The Balaban J connectivity index is 1.89. The van der Waals surface area contributed by atoms with Gasteiger partial charge >= 0.3 is 0 Å². The summed E-state index contributed by atoms with van der Waals surface area (Å²) >= 11 is 0. The lowest BCUT2D eigenvalue weighted by molar-refractivity contribution is 0.262. The van der Waals surface area contributed by atoms with Crippen molar-refractivity contribution in [3.8, 4) is 0 Å². The zero-order valence-corrected chi connectivity index (χ0v) is 7.71. The maximum absolute atomic E-state index is 4.11. The first-order valence-corrected chi connectivity index (χ1v) is 5.18. The smallest absolute Gasteiger partial charge is 0.0522 e. The Bertz CT molecular complexity index is 276. The molecule has 2 N–H and O–H groups in total. The van der Waals surface area contributed by atoms with Gasteiger partial charge in [0.05, 0.1) is 6.20 Å². The molecule has 0 bridgehead atoms. The minimum atomic E-state index is 0.721. The number of fused-ring (bicyclic) bond motifs is 2. The van der Waals surface area contributed by atoms with E-state index < -0.39 is 0 Å². The van der Waals surface area contributed by atoms with Crippen molar-refractivity contribution in [3.63, 3.8) is 0 Å². The highest BCUT2D eigenvalue weighted by atomic mass is 15.1. The Morgan fingerprint density at radius 1 is 1.38 bits per heavy atom.